The molecule has 2 aromatic heterocycles. The number of hydrogen-bond donors (Lipinski definition) is 0. The molecule has 1 aliphatic heterocycles. The third-order valence-corrected chi connectivity index (χ3v) is 4.58. The fourth-order valence-corrected chi connectivity index (χ4v) is 3.33. The lowest BCUT2D eigenvalue weighted by Crippen LogP contribution is -2.28. The van der Waals surface area contributed by atoms with Gasteiger partial charge in [-0.15, -0.1) is 11.3 Å². The van der Waals surface area contributed by atoms with Crippen molar-refractivity contribution in [3.05, 3.63) is 39.6 Å². The number of Topliss-reactive ketones (excluding diaryl/α,β-unsaturated/α-hetero) is 1. The number of aromatic nitrogens is 2. The van der Waals surface area contributed by atoms with Crippen LogP contribution < -0.4 is 4.74 Å². The van der Waals surface area contributed by atoms with E-state index >= 15 is 0 Å². The highest BCUT2D eigenvalue weighted by Gasteiger charge is 2.18. The van der Waals surface area contributed by atoms with Gasteiger partial charge < -0.3 is 9.47 Å². The Bertz CT molecular complexity index is 693. The zero-order valence-corrected chi connectivity index (χ0v) is 14.2. The van der Waals surface area contributed by atoms with Gasteiger partial charge in [-0.25, -0.2) is 9.97 Å². The van der Waals surface area contributed by atoms with E-state index in [1.54, 1.807) is 6.07 Å². The number of hydrogen-bond acceptors (Lipinski definition) is 6. The van der Waals surface area contributed by atoms with E-state index in [1.165, 1.54) is 11.3 Å². The van der Waals surface area contributed by atoms with Gasteiger partial charge >= 0.3 is 0 Å². The second kappa shape index (κ2) is 7.19. The van der Waals surface area contributed by atoms with E-state index in [4.69, 9.17) is 9.47 Å². The molecule has 0 aliphatic carbocycles. The maximum atomic E-state index is 12.4. The molecule has 5 nitrogen and oxygen atoms in total. The van der Waals surface area contributed by atoms with Crippen LogP contribution in [0.2, 0.25) is 0 Å². The number of carbonyl (C=O) groups is 1. The smallest absolute Gasteiger partial charge is 0.188 e. The standard InChI is InChI=1S/C17H20N2O3S/c1-11-6-14(22-13-4-3-5-21-9-13)7-15(18-11)16(20)8-17-19-12(2)10-23-17/h6-7,10,13H,3-5,8-9H2,1-2H3/t13-/m0/s1. The number of nitrogens with zero attached hydrogens (tertiary/aromatic N) is 2. The van der Waals surface area contributed by atoms with Gasteiger partial charge in [0.2, 0.25) is 0 Å². The number of aryl methyl sites for hydroxylation is 2. The summed E-state index contributed by atoms with van der Waals surface area (Å²) in [6.07, 6.45) is 2.31. The molecular weight excluding hydrogens is 312 g/mol. The summed E-state index contributed by atoms with van der Waals surface area (Å²) < 4.78 is 11.4. The van der Waals surface area contributed by atoms with E-state index in [9.17, 15) is 4.79 Å². The van der Waals surface area contributed by atoms with Crippen LogP contribution in [-0.4, -0.2) is 35.1 Å². The summed E-state index contributed by atoms with van der Waals surface area (Å²) in [6.45, 7) is 5.19. The molecule has 3 heterocycles. The van der Waals surface area contributed by atoms with E-state index in [0.717, 1.165) is 35.8 Å². The van der Waals surface area contributed by atoms with Gasteiger partial charge in [-0.2, -0.15) is 0 Å². The summed E-state index contributed by atoms with van der Waals surface area (Å²) in [6, 6.07) is 3.59. The minimum atomic E-state index is -0.0344. The Morgan fingerprint density at radius 2 is 2.22 bits per heavy atom. The first-order valence-electron chi connectivity index (χ1n) is 7.77. The SMILES string of the molecule is Cc1cc(O[C@H]2CCCOC2)cc(C(=O)Cc2nc(C)cs2)n1. The number of ether oxygens (including phenoxy) is 2. The van der Waals surface area contributed by atoms with E-state index < -0.39 is 0 Å². The summed E-state index contributed by atoms with van der Waals surface area (Å²) in [5, 5.41) is 2.77. The van der Waals surface area contributed by atoms with Gasteiger partial charge in [-0.05, 0) is 26.7 Å². The Balaban J connectivity index is 1.72. The number of carbonyl (C=O) groups excluding carboxylic acids is 1. The quantitative estimate of drug-likeness (QED) is 0.787. The van der Waals surface area contributed by atoms with Crippen LogP contribution in [0.15, 0.2) is 17.5 Å². The van der Waals surface area contributed by atoms with E-state index in [2.05, 4.69) is 9.97 Å². The highest BCUT2D eigenvalue weighted by atomic mass is 32.1. The fourth-order valence-electron chi connectivity index (χ4n) is 2.56. The van der Waals surface area contributed by atoms with Crippen LogP contribution in [0.1, 0.15) is 39.7 Å². The highest BCUT2D eigenvalue weighted by Crippen LogP contribution is 2.20. The predicted molar refractivity (Wildman–Crippen MR) is 88.3 cm³/mol. The Labute approximate surface area is 139 Å². The van der Waals surface area contributed by atoms with Gasteiger partial charge in [0.15, 0.2) is 5.78 Å². The van der Waals surface area contributed by atoms with Crippen molar-refractivity contribution in [2.24, 2.45) is 0 Å². The molecule has 0 radical (unpaired) electrons. The lowest BCUT2D eigenvalue weighted by Gasteiger charge is -2.23. The van der Waals surface area contributed by atoms with Crippen LogP contribution >= 0.6 is 11.3 Å². The van der Waals surface area contributed by atoms with Crippen molar-refractivity contribution in [1.82, 2.24) is 9.97 Å². The summed E-state index contributed by atoms with van der Waals surface area (Å²) in [4.78, 5) is 21.1. The average Bonchev–Trinajstić information content (AvgIpc) is 2.93. The van der Waals surface area contributed by atoms with Crippen LogP contribution in [0.25, 0.3) is 0 Å². The zero-order valence-electron chi connectivity index (χ0n) is 13.4. The third kappa shape index (κ3) is 4.36. The van der Waals surface area contributed by atoms with E-state index in [0.29, 0.717) is 18.1 Å². The lowest BCUT2D eigenvalue weighted by molar-refractivity contribution is 0.00734. The molecule has 0 aromatic carbocycles. The topological polar surface area (TPSA) is 61.3 Å². The van der Waals surface area contributed by atoms with E-state index in [-0.39, 0.29) is 18.3 Å². The lowest BCUT2D eigenvalue weighted by atomic mass is 10.1. The molecular formula is C17H20N2O3S. The van der Waals surface area contributed by atoms with Crippen LogP contribution in [0.4, 0.5) is 0 Å². The molecule has 0 N–H and O–H groups in total. The zero-order chi connectivity index (χ0) is 16.2. The first-order chi connectivity index (χ1) is 11.1. The average molecular weight is 332 g/mol. The van der Waals surface area contributed by atoms with Crippen LogP contribution in [0, 0.1) is 13.8 Å². The molecule has 6 heteroatoms. The van der Waals surface area contributed by atoms with Gasteiger partial charge in [0, 0.05) is 35.5 Å². The van der Waals surface area contributed by atoms with Crippen molar-refractivity contribution in [1.29, 1.82) is 0 Å². The molecule has 122 valence electrons. The molecule has 2 aromatic rings. The van der Waals surface area contributed by atoms with Crippen LogP contribution in [0.3, 0.4) is 0 Å². The number of pyridine rings is 1. The minimum absolute atomic E-state index is 0.0344. The summed E-state index contributed by atoms with van der Waals surface area (Å²) in [5.74, 6) is 0.652. The third-order valence-electron chi connectivity index (χ3n) is 3.61. The van der Waals surface area contributed by atoms with Crippen LogP contribution in [0.5, 0.6) is 5.75 Å². The second-order valence-corrected chi connectivity index (χ2v) is 6.71. The number of rotatable bonds is 5. The van der Waals surface area contributed by atoms with E-state index in [1.807, 2.05) is 25.3 Å². The first-order valence-corrected chi connectivity index (χ1v) is 8.65. The molecule has 23 heavy (non-hydrogen) atoms. The molecule has 0 bridgehead atoms. The Morgan fingerprint density at radius 1 is 1.35 bits per heavy atom. The Hall–Kier alpha value is -1.79. The largest absolute Gasteiger partial charge is 0.488 e. The van der Waals surface area contributed by atoms with Gasteiger partial charge in [0.05, 0.1) is 13.0 Å². The van der Waals surface area contributed by atoms with Crippen molar-refractivity contribution in [3.8, 4) is 5.75 Å². The van der Waals surface area contributed by atoms with Gasteiger partial charge in [0.25, 0.3) is 0 Å². The molecule has 0 amide bonds. The number of ketones is 1. The van der Waals surface area contributed by atoms with Gasteiger partial charge in [-0.1, -0.05) is 0 Å². The molecule has 1 fully saturated rings. The summed E-state index contributed by atoms with van der Waals surface area (Å²) >= 11 is 1.50. The second-order valence-electron chi connectivity index (χ2n) is 5.77. The monoisotopic (exact) mass is 332 g/mol. The predicted octanol–water partition coefficient (Wildman–Crippen LogP) is 3.14. The van der Waals surface area contributed by atoms with Gasteiger partial charge in [0.1, 0.15) is 22.6 Å². The normalized spacial score (nSPS) is 17.9. The Kier molecular flexibility index (Phi) is 5.03. The molecule has 1 aliphatic rings. The summed E-state index contributed by atoms with van der Waals surface area (Å²) in [7, 11) is 0. The molecule has 1 saturated heterocycles. The molecule has 0 saturated carbocycles. The molecule has 1 atom stereocenters. The first kappa shape index (κ1) is 16.1. The maximum absolute atomic E-state index is 12.4. The van der Waals surface area contributed by atoms with Crippen LogP contribution in [-0.2, 0) is 11.2 Å². The summed E-state index contributed by atoms with van der Waals surface area (Å²) in [5.41, 5.74) is 2.15. The van der Waals surface area contributed by atoms with Crippen molar-refractivity contribution >= 4 is 17.1 Å². The highest BCUT2D eigenvalue weighted by molar-refractivity contribution is 7.09. The minimum Gasteiger partial charge on any atom is -0.488 e. The van der Waals surface area contributed by atoms with Crippen molar-refractivity contribution < 1.29 is 14.3 Å². The maximum Gasteiger partial charge on any atom is 0.188 e. The molecule has 0 spiro atoms. The molecule has 3 rings (SSSR count). The fraction of sp³-hybridized carbons (Fsp3) is 0.471. The molecule has 0 unspecified atom stereocenters. The van der Waals surface area contributed by atoms with Crippen molar-refractivity contribution in [2.45, 2.75) is 39.2 Å². The number of thiazole rings is 1. The Morgan fingerprint density at radius 3 is 2.91 bits per heavy atom. The van der Waals surface area contributed by atoms with Crippen molar-refractivity contribution in [2.75, 3.05) is 13.2 Å². The van der Waals surface area contributed by atoms with Gasteiger partial charge in [-0.3, -0.25) is 4.79 Å². The van der Waals surface area contributed by atoms with Crippen molar-refractivity contribution in [3.63, 3.8) is 0 Å².